The second-order valence-electron chi connectivity index (χ2n) is 7.57. The molecule has 0 unspecified atom stereocenters. The van der Waals surface area contributed by atoms with Gasteiger partial charge in [-0.15, -0.1) is 0 Å². The summed E-state index contributed by atoms with van der Waals surface area (Å²) in [6.07, 6.45) is 6.49. The molecule has 2 aromatic rings. The van der Waals surface area contributed by atoms with Crippen LogP contribution in [0.5, 0.6) is 0 Å². The standard InChI is InChI=1S/C21H29N5/c1-25-12-14-26(15-13-25)21-23-19(17-8-4-2-5-9-17)16-20(24-21)22-18-10-6-3-7-11-18/h2,4-5,8-9,16,18H,3,6-7,10-15H2,1H3,(H,22,23,24). The van der Waals surface area contributed by atoms with E-state index in [0.29, 0.717) is 6.04 Å². The number of benzene rings is 1. The maximum Gasteiger partial charge on any atom is 0.227 e. The Hall–Kier alpha value is -2.14. The van der Waals surface area contributed by atoms with Gasteiger partial charge < -0.3 is 15.1 Å². The van der Waals surface area contributed by atoms with Crippen LogP contribution in [0.15, 0.2) is 36.4 Å². The van der Waals surface area contributed by atoms with Gasteiger partial charge in [0.1, 0.15) is 5.82 Å². The molecule has 1 saturated heterocycles. The molecule has 5 nitrogen and oxygen atoms in total. The third kappa shape index (κ3) is 4.15. The predicted octanol–water partition coefficient (Wildman–Crippen LogP) is 3.64. The molecule has 1 aliphatic carbocycles. The van der Waals surface area contributed by atoms with Crippen LogP contribution < -0.4 is 10.2 Å². The summed E-state index contributed by atoms with van der Waals surface area (Å²) in [7, 11) is 2.18. The van der Waals surface area contributed by atoms with Crippen molar-refractivity contribution >= 4 is 11.8 Å². The Morgan fingerprint density at radius 1 is 0.923 bits per heavy atom. The number of hydrogen-bond acceptors (Lipinski definition) is 5. The lowest BCUT2D eigenvalue weighted by molar-refractivity contribution is 0.311. The van der Waals surface area contributed by atoms with Crippen LogP contribution in [0, 0.1) is 0 Å². The second kappa shape index (κ2) is 8.04. The van der Waals surface area contributed by atoms with Crippen LogP contribution in [0.1, 0.15) is 32.1 Å². The van der Waals surface area contributed by atoms with Gasteiger partial charge in [-0.3, -0.25) is 0 Å². The first kappa shape index (κ1) is 17.3. The van der Waals surface area contributed by atoms with E-state index in [4.69, 9.17) is 9.97 Å². The maximum absolute atomic E-state index is 4.90. The van der Waals surface area contributed by atoms with Crippen molar-refractivity contribution in [1.82, 2.24) is 14.9 Å². The van der Waals surface area contributed by atoms with E-state index in [2.05, 4.69) is 52.5 Å². The van der Waals surface area contributed by atoms with Gasteiger partial charge in [0.2, 0.25) is 5.95 Å². The van der Waals surface area contributed by atoms with Crippen molar-refractivity contribution in [2.45, 2.75) is 38.1 Å². The molecule has 2 aliphatic rings. The quantitative estimate of drug-likeness (QED) is 0.911. The molecule has 2 fully saturated rings. The average molecular weight is 351 g/mol. The van der Waals surface area contributed by atoms with Gasteiger partial charge >= 0.3 is 0 Å². The van der Waals surface area contributed by atoms with Crippen molar-refractivity contribution in [3.8, 4) is 11.3 Å². The highest BCUT2D eigenvalue weighted by atomic mass is 15.3. The Bertz CT molecular complexity index is 704. The first-order chi connectivity index (χ1) is 12.8. The van der Waals surface area contributed by atoms with E-state index >= 15 is 0 Å². The molecule has 0 bridgehead atoms. The van der Waals surface area contributed by atoms with Gasteiger partial charge in [0.15, 0.2) is 0 Å². The minimum Gasteiger partial charge on any atom is -0.367 e. The summed E-state index contributed by atoms with van der Waals surface area (Å²) in [5, 5.41) is 3.69. The summed E-state index contributed by atoms with van der Waals surface area (Å²) < 4.78 is 0. The van der Waals surface area contributed by atoms with Gasteiger partial charge in [-0.2, -0.15) is 4.98 Å². The van der Waals surface area contributed by atoms with E-state index < -0.39 is 0 Å². The Labute approximate surface area is 156 Å². The van der Waals surface area contributed by atoms with Gasteiger partial charge in [-0.05, 0) is 19.9 Å². The molecular formula is C21H29N5. The van der Waals surface area contributed by atoms with Gasteiger partial charge in [0.05, 0.1) is 5.69 Å². The van der Waals surface area contributed by atoms with E-state index in [-0.39, 0.29) is 0 Å². The zero-order chi connectivity index (χ0) is 17.8. The molecule has 4 rings (SSSR count). The van der Waals surface area contributed by atoms with Gasteiger partial charge in [-0.1, -0.05) is 49.6 Å². The van der Waals surface area contributed by atoms with Crippen LogP contribution in [0.4, 0.5) is 11.8 Å². The van der Waals surface area contributed by atoms with Crippen LogP contribution in [0.3, 0.4) is 0 Å². The molecule has 1 N–H and O–H groups in total. The first-order valence-electron chi connectivity index (χ1n) is 9.92. The first-order valence-corrected chi connectivity index (χ1v) is 9.92. The zero-order valence-corrected chi connectivity index (χ0v) is 15.7. The summed E-state index contributed by atoms with van der Waals surface area (Å²) in [5.41, 5.74) is 2.16. The molecule has 1 saturated carbocycles. The SMILES string of the molecule is CN1CCN(c2nc(NC3CCCCC3)cc(-c3ccccc3)n2)CC1. The summed E-state index contributed by atoms with van der Waals surface area (Å²) in [4.78, 5) is 14.5. The fourth-order valence-corrected chi connectivity index (χ4v) is 3.87. The number of anilines is 2. The molecule has 1 aromatic carbocycles. The number of aromatic nitrogens is 2. The van der Waals surface area contributed by atoms with Crippen molar-refractivity contribution < 1.29 is 0 Å². The lowest BCUT2D eigenvalue weighted by Crippen LogP contribution is -2.45. The fourth-order valence-electron chi connectivity index (χ4n) is 3.87. The van der Waals surface area contributed by atoms with Crippen molar-refractivity contribution in [3.63, 3.8) is 0 Å². The number of piperazine rings is 1. The highest BCUT2D eigenvalue weighted by Gasteiger charge is 2.20. The molecule has 1 aromatic heterocycles. The van der Waals surface area contributed by atoms with Crippen LogP contribution in [0.2, 0.25) is 0 Å². The lowest BCUT2D eigenvalue weighted by atomic mass is 9.95. The number of hydrogen-bond donors (Lipinski definition) is 1. The Morgan fingerprint density at radius 3 is 2.38 bits per heavy atom. The Morgan fingerprint density at radius 2 is 1.65 bits per heavy atom. The number of nitrogens with zero attached hydrogens (tertiary/aromatic N) is 4. The van der Waals surface area contributed by atoms with E-state index in [1.165, 1.54) is 32.1 Å². The highest BCUT2D eigenvalue weighted by Crippen LogP contribution is 2.26. The van der Waals surface area contributed by atoms with Crippen LogP contribution >= 0.6 is 0 Å². The number of likely N-dealkylation sites (N-methyl/N-ethyl adjacent to an activating group) is 1. The Kier molecular flexibility index (Phi) is 5.34. The largest absolute Gasteiger partial charge is 0.367 e. The smallest absolute Gasteiger partial charge is 0.227 e. The van der Waals surface area contributed by atoms with E-state index in [1.54, 1.807) is 0 Å². The second-order valence-corrected chi connectivity index (χ2v) is 7.57. The molecule has 0 radical (unpaired) electrons. The molecule has 26 heavy (non-hydrogen) atoms. The van der Waals surface area contributed by atoms with Crippen molar-refractivity contribution in [3.05, 3.63) is 36.4 Å². The minimum atomic E-state index is 0.544. The summed E-state index contributed by atoms with van der Waals surface area (Å²) in [5.74, 6) is 1.83. The zero-order valence-electron chi connectivity index (χ0n) is 15.7. The van der Waals surface area contributed by atoms with E-state index in [9.17, 15) is 0 Å². The van der Waals surface area contributed by atoms with Crippen LogP contribution in [-0.4, -0.2) is 54.1 Å². The summed E-state index contributed by atoms with van der Waals surface area (Å²) in [6.45, 7) is 4.09. The monoisotopic (exact) mass is 351 g/mol. The van der Waals surface area contributed by atoms with E-state index in [0.717, 1.165) is 49.2 Å². The third-order valence-electron chi connectivity index (χ3n) is 5.53. The molecule has 2 heterocycles. The molecule has 138 valence electrons. The number of rotatable bonds is 4. The molecule has 5 heteroatoms. The van der Waals surface area contributed by atoms with E-state index in [1.807, 2.05) is 6.07 Å². The highest BCUT2D eigenvalue weighted by molar-refractivity contribution is 5.64. The molecule has 1 aliphatic heterocycles. The van der Waals surface area contributed by atoms with Crippen molar-refractivity contribution in [2.75, 3.05) is 43.4 Å². The van der Waals surface area contributed by atoms with Crippen LogP contribution in [-0.2, 0) is 0 Å². The third-order valence-corrected chi connectivity index (χ3v) is 5.53. The lowest BCUT2D eigenvalue weighted by Gasteiger charge is -2.33. The van der Waals surface area contributed by atoms with Gasteiger partial charge in [-0.25, -0.2) is 4.98 Å². The summed E-state index contributed by atoms with van der Waals surface area (Å²) in [6, 6.07) is 13.1. The molecule has 0 atom stereocenters. The average Bonchev–Trinajstić information content (AvgIpc) is 2.70. The fraction of sp³-hybridized carbons (Fsp3) is 0.524. The molecule has 0 amide bonds. The van der Waals surface area contributed by atoms with Gasteiger partial charge in [0, 0.05) is 43.9 Å². The minimum absolute atomic E-state index is 0.544. The molecule has 0 spiro atoms. The molecular weight excluding hydrogens is 322 g/mol. The van der Waals surface area contributed by atoms with Crippen molar-refractivity contribution in [2.24, 2.45) is 0 Å². The van der Waals surface area contributed by atoms with Crippen LogP contribution in [0.25, 0.3) is 11.3 Å². The maximum atomic E-state index is 4.90. The Balaban J connectivity index is 1.62. The normalized spacial score (nSPS) is 19.5. The topological polar surface area (TPSA) is 44.3 Å². The van der Waals surface area contributed by atoms with Crippen molar-refractivity contribution in [1.29, 1.82) is 0 Å². The summed E-state index contributed by atoms with van der Waals surface area (Å²) >= 11 is 0. The predicted molar refractivity (Wildman–Crippen MR) is 108 cm³/mol. The number of nitrogens with one attached hydrogen (secondary N) is 1. The van der Waals surface area contributed by atoms with Gasteiger partial charge in [0.25, 0.3) is 0 Å².